The highest BCUT2D eigenvalue weighted by atomic mass is 16.1. The first-order chi connectivity index (χ1) is 7.18. The van der Waals surface area contributed by atoms with Crippen LogP contribution in [-0.2, 0) is 14.1 Å². The third-order valence-electron chi connectivity index (χ3n) is 2.50. The van der Waals surface area contributed by atoms with Crippen molar-refractivity contribution in [2.45, 2.75) is 0 Å². The standard InChI is InChI=1S/C9H9N5O/c1-12-3-4-14-8(15)6-7(11-9(12)14)13(2)5-10-6/h3-5H,1-2H3. The predicted octanol–water partition coefficient (Wildman–Crippen LogP) is -0.0803. The topological polar surface area (TPSA) is 57.1 Å². The average Bonchev–Trinajstić information content (AvgIpc) is 2.75. The molecule has 3 aromatic rings. The molecule has 0 spiro atoms. The third kappa shape index (κ3) is 0.903. The summed E-state index contributed by atoms with van der Waals surface area (Å²) in [7, 11) is 3.67. The second-order valence-corrected chi connectivity index (χ2v) is 3.52. The number of rotatable bonds is 0. The summed E-state index contributed by atoms with van der Waals surface area (Å²) in [5.74, 6) is 0.621. The van der Waals surface area contributed by atoms with Gasteiger partial charge in [-0.1, -0.05) is 0 Å². The van der Waals surface area contributed by atoms with Crippen LogP contribution in [0.2, 0.25) is 0 Å². The fourth-order valence-electron chi connectivity index (χ4n) is 1.68. The Balaban J connectivity index is 2.70. The zero-order chi connectivity index (χ0) is 10.6. The largest absolute Gasteiger partial charge is 0.320 e. The highest BCUT2D eigenvalue weighted by molar-refractivity contribution is 5.71. The van der Waals surface area contributed by atoms with E-state index in [0.717, 1.165) is 0 Å². The fraction of sp³-hybridized carbons (Fsp3) is 0.222. The molecule has 0 aliphatic carbocycles. The zero-order valence-corrected chi connectivity index (χ0v) is 8.38. The monoisotopic (exact) mass is 203 g/mol. The van der Waals surface area contributed by atoms with Gasteiger partial charge in [-0.2, -0.15) is 4.98 Å². The minimum atomic E-state index is -0.129. The summed E-state index contributed by atoms with van der Waals surface area (Å²) in [4.78, 5) is 20.4. The molecule has 3 aromatic heterocycles. The number of fused-ring (bicyclic) bond motifs is 2. The maximum atomic E-state index is 11.9. The maximum Gasteiger partial charge on any atom is 0.287 e. The van der Waals surface area contributed by atoms with Crippen molar-refractivity contribution in [3.63, 3.8) is 0 Å². The minimum Gasteiger partial charge on any atom is -0.320 e. The van der Waals surface area contributed by atoms with Crippen molar-refractivity contribution in [1.29, 1.82) is 0 Å². The molecule has 0 bridgehead atoms. The third-order valence-corrected chi connectivity index (χ3v) is 2.50. The van der Waals surface area contributed by atoms with E-state index in [0.29, 0.717) is 16.9 Å². The quantitative estimate of drug-likeness (QED) is 0.513. The van der Waals surface area contributed by atoms with Crippen LogP contribution in [0.5, 0.6) is 0 Å². The molecule has 0 unspecified atom stereocenters. The number of nitrogens with zero attached hydrogens (tertiary/aromatic N) is 5. The van der Waals surface area contributed by atoms with E-state index < -0.39 is 0 Å². The summed E-state index contributed by atoms with van der Waals surface area (Å²) in [6.45, 7) is 0. The lowest BCUT2D eigenvalue weighted by Crippen LogP contribution is -2.14. The van der Waals surface area contributed by atoms with Crippen molar-refractivity contribution in [3.05, 3.63) is 29.1 Å². The van der Waals surface area contributed by atoms with Gasteiger partial charge in [0.25, 0.3) is 5.56 Å². The lowest BCUT2D eigenvalue weighted by atomic mass is 10.5. The molecule has 6 heteroatoms. The summed E-state index contributed by atoms with van der Waals surface area (Å²) in [5, 5.41) is 0. The lowest BCUT2D eigenvalue weighted by molar-refractivity contribution is 0.898. The summed E-state index contributed by atoms with van der Waals surface area (Å²) < 4.78 is 5.03. The van der Waals surface area contributed by atoms with Crippen LogP contribution in [0.1, 0.15) is 0 Å². The summed E-state index contributed by atoms with van der Waals surface area (Å²) in [6, 6.07) is 0. The second-order valence-electron chi connectivity index (χ2n) is 3.52. The predicted molar refractivity (Wildman–Crippen MR) is 54.7 cm³/mol. The Morgan fingerprint density at radius 1 is 1.20 bits per heavy atom. The van der Waals surface area contributed by atoms with Crippen LogP contribution in [0.25, 0.3) is 16.9 Å². The first-order valence-corrected chi connectivity index (χ1v) is 4.53. The Bertz CT molecular complexity index is 659. The van der Waals surface area contributed by atoms with Gasteiger partial charge in [0, 0.05) is 26.5 Å². The van der Waals surface area contributed by atoms with Crippen molar-refractivity contribution < 1.29 is 0 Å². The Labute approximate surface area is 84.4 Å². The Morgan fingerprint density at radius 2 is 2.00 bits per heavy atom. The molecule has 0 fully saturated rings. The van der Waals surface area contributed by atoms with Crippen molar-refractivity contribution >= 4 is 16.9 Å². The van der Waals surface area contributed by atoms with Crippen molar-refractivity contribution in [2.24, 2.45) is 14.1 Å². The van der Waals surface area contributed by atoms with E-state index >= 15 is 0 Å². The van der Waals surface area contributed by atoms with E-state index in [2.05, 4.69) is 9.97 Å². The molecule has 0 aliphatic heterocycles. The van der Waals surface area contributed by atoms with Crippen LogP contribution in [0.4, 0.5) is 0 Å². The van der Waals surface area contributed by atoms with E-state index in [1.807, 2.05) is 14.1 Å². The molecule has 0 saturated heterocycles. The molecule has 76 valence electrons. The van der Waals surface area contributed by atoms with E-state index in [9.17, 15) is 4.79 Å². The van der Waals surface area contributed by atoms with Crippen LogP contribution in [0, 0.1) is 0 Å². The van der Waals surface area contributed by atoms with Gasteiger partial charge in [0.15, 0.2) is 11.2 Å². The van der Waals surface area contributed by atoms with Gasteiger partial charge in [-0.15, -0.1) is 0 Å². The van der Waals surface area contributed by atoms with Crippen LogP contribution < -0.4 is 5.56 Å². The van der Waals surface area contributed by atoms with Gasteiger partial charge in [0.05, 0.1) is 6.33 Å². The molecule has 15 heavy (non-hydrogen) atoms. The Kier molecular flexibility index (Phi) is 1.35. The molecule has 6 nitrogen and oxygen atoms in total. The van der Waals surface area contributed by atoms with Gasteiger partial charge in [-0.3, -0.25) is 4.79 Å². The molecule has 3 heterocycles. The van der Waals surface area contributed by atoms with Crippen molar-refractivity contribution in [2.75, 3.05) is 0 Å². The summed E-state index contributed by atoms with van der Waals surface area (Å²) in [6.07, 6.45) is 5.08. The van der Waals surface area contributed by atoms with E-state index in [1.165, 1.54) is 4.40 Å². The van der Waals surface area contributed by atoms with Gasteiger partial charge in [-0.05, 0) is 0 Å². The average molecular weight is 203 g/mol. The Morgan fingerprint density at radius 3 is 2.80 bits per heavy atom. The normalized spacial score (nSPS) is 11.6. The zero-order valence-electron chi connectivity index (χ0n) is 8.38. The number of imidazole rings is 2. The molecule has 0 atom stereocenters. The number of aromatic nitrogens is 5. The summed E-state index contributed by atoms with van der Waals surface area (Å²) >= 11 is 0. The van der Waals surface area contributed by atoms with Crippen LogP contribution in [-0.4, -0.2) is 23.5 Å². The highest BCUT2D eigenvalue weighted by Gasteiger charge is 2.10. The molecule has 0 radical (unpaired) electrons. The van der Waals surface area contributed by atoms with Crippen LogP contribution in [0.15, 0.2) is 23.5 Å². The van der Waals surface area contributed by atoms with Gasteiger partial charge < -0.3 is 9.13 Å². The minimum absolute atomic E-state index is 0.129. The number of hydrogen-bond acceptors (Lipinski definition) is 3. The molecule has 3 rings (SSSR count). The van der Waals surface area contributed by atoms with E-state index in [4.69, 9.17) is 0 Å². The first kappa shape index (κ1) is 8.22. The first-order valence-electron chi connectivity index (χ1n) is 4.53. The van der Waals surface area contributed by atoms with Crippen molar-refractivity contribution in [1.82, 2.24) is 23.5 Å². The van der Waals surface area contributed by atoms with E-state index in [1.54, 1.807) is 27.9 Å². The second kappa shape index (κ2) is 2.47. The number of aryl methyl sites for hydroxylation is 2. The lowest BCUT2D eigenvalue weighted by Gasteiger charge is -1.97. The van der Waals surface area contributed by atoms with Gasteiger partial charge in [0.2, 0.25) is 5.78 Å². The van der Waals surface area contributed by atoms with Gasteiger partial charge >= 0.3 is 0 Å². The van der Waals surface area contributed by atoms with Crippen LogP contribution >= 0.6 is 0 Å². The van der Waals surface area contributed by atoms with Gasteiger partial charge in [-0.25, -0.2) is 9.38 Å². The van der Waals surface area contributed by atoms with Crippen LogP contribution in [0.3, 0.4) is 0 Å². The maximum absolute atomic E-state index is 11.9. The molecule has 0 aliphatic rings. The molecule has 0 N–H and O–H groups in total. The van der Waals surface area contributed by atoms with E-state index in [-0.39, 0.29) is 5.56 Å². The Hall–Kier alpha value is -2.11. The summed E-state index contributed by atoms with van der Waals surface area (Å²) in [5.41, 5.74) is 0.888. The SMILES string of the molecule is Cn1cnc2c(=O)n3ccn(C)c3nc21. The van der Waals surface area contributed by atoms with Crippen molar-refractivity contribution in [3.8, 4) is 0 Å². The molecule has 0 saturated carbocycles. The molecule has 0 aromatic carbocycles. The smallest absolute Gasteiger partial charge is 0.287 e. The number of hydrogen-bond donors (Lipinski definition) is 0. The van der Waals surface area contributed by atoms with Gasteiger partial charge in [0.1, 0.15) is 0 Å². The molecular formula is C9H9N5O. The fourth-order valence-corrected chi connectivity index (χ4v) is 1.68. The highest BCUT2D eigenvalue weighted by Crippen LogP contribution is 2.06. The molecule has 0 amide bonds. The molecular weight excluding hydrogens is 194 g/mol.